The third-order valence-electron chi connectivity index (χ3n) is 5.12. The average Bonchev–Trinajstić information content (AvgIpc) is 3.04. The third kappa shape index (κ3) is 4.47. The molecule has 0 radical (unpaired) electrons. The van der Waals surface area contributed by atoms with Crippen LogP contribution in [-0.2, 0) is 6.42 Å². The molecule has 1 aliphatic carbocycles. The predicted molar refractivity (Wildman–Crippen MR) is 110 cm³/mol. The lowest BCUT2D eigenvalue weighted by atomic mass is 9.94. The van der Waals surface area contributed by atoms with Crippen LogP contribution in [0.3, 0.4) is 0 Å². The summed E-state index contributed by atoms with van der Waals surface area (Å²) in [7, 11) is 1.60. The summed E-state index contributed by atoms with van der Waals surface area (Å²) < 4.78 is 17.0. The van der Waals surface area contributed by atoms with Gasteiger partial charge in [-0.05, 0) is 43.9 Å². The first-order chi connectivity index (χ1) is 13.8. The molecule has 29 heavy (non-hydrogen) atoms. The van der Waals surface area contributed by atoms with Gasteiger partial charge in [-0.25, -0.2) is 0 Å². The topological polar surface area (TPSA) is 77.8 Å². The molecule has 1 N–H and O–H groups in total. The highest BCUT2D eigenvalue weighted by molar-refractivity contribution is 6.03. The number of ether oxygens (including phenoxy) is 2. The SMILES string of the molecule is COc1cc(C(C)NC(=O)c2oc3c(c2C)C(=O)CCC3)ccc1OCC(C)C. The van der Waals surface area contributed by atoms with Crippen LogP contribution in [0.1, 0.15) is 77.5 Å². The number of rotatable bonds is 7. The largest absolute Gasteiger partial charge is 0.493 e. The second kappa shape index (κ2) is 8.72. The highest BCUT2D eigenvalue weighted by Crippen LogP contribution is 2.32. The minimum atomic E-state index is -0.323. The maximum absolute atomic E-state index is 12.8. The van der Waals surface area contributed by atoms with Gasteiger partial charge in [0.25, 0.3) is 5.91 Å². The summed E-state index contributed by atoms with van der Waals surface area (Å²) in [5.41, 5.74) is 2.10. The van der Waals surface area contributed by atoms with E-state index >= 15 is 0 Å². The second-order valence-electron chi connectivity index (χ2n) is 7.94. The van der Waals surface area contributed by atoms with Crippen molar-refractivity contribution in [3.05, 3.63) is 46.4 Å². The Bertz CT molecular complexity index is 912. The van der Waals surface area contributed by atoms with Crippen molar-refractivity contribution in [2.24, 2.45) is 5.92 Å². The Balaban J connectivity index is 1.75. The number of ketones is 1. The van der Waals surface area contributed by atoms with E-state index in [1.165, 1.54) is 0 Å². The van der Waals surface area contributed by atoms with E-state index in [-0.39, 0.29) is 23.5 Å². The van der Waals surface area contributed by atoms with Crippen molar-refractivity contribution in [3.63, 3.8) is 0 Å². The molecule has 1 aromatic carbocycles. The third-order valence-corrected chi connectivity index (χ3v) is 5.12. The molecule has 0 saturated heterocycles. The first-order valence-corrected chi connectivity index (χ1v) is 10.1. The summed E-state index contributed by atoms with van der Waals surface area (Å²) in [5, 5.41) is 2.96. The van der Waals surface area contributed by atoms with Gasteiger partial charge in [0.2, 0.25) is 0 Å². The van der Waals surface area contributed by atoms with Gasteiger partial charge in [-0.3, -0.25) is 9.59 Å². The summed E-state index contributed by atoms with van der Waals surface area (Å²) in [6.07, 6.45) is 1.97. The number of amides is 1. The van der Waals surface area contributed by atoms with Crippen molar-refractivity contribution >= 4 is 11.7 Å². The van der Waals surface area contributed by atoms with Crippen LogP contribution in [-0.4, -0.2) is 25.4 Å². The average molecular weight is 399 g/mol. The Morgan fingerprint density at radius 3 is 2.62 bits per heavy atom. The Morgan fingerprint density at radius 2 is 1.97 bits per heavy atom. The molecule has 0 aliphatic heterocycles. The molecular formula is C23H29NO5. The molecule has 0 saturated carbocycles. The quantitative estimate of drug-likeness (QED) is 0.734. The van der Waals surface area contributed by atoms with Crippen molar-refractivity contribution in [3.8, 4) is 11.5 Å². The number of methoxy groups -OCH3 is 1. The Morgan fingerprint density at radius 1 is 1.21 bits per heavy atom. The lowest BCUT2D eigenvalue weighted by molar-refractivity contribution is 0.0906. The number of hydrogen-bond acceptors (Lipinski definition) is 5. The first-order valence-electron chi connectivity index (χ1n) is 10.1. The van der Waals surface area contributed by atoms with Crippen molar-refractivity contribution in [2.45, 2.75) is 53.0 Å². The van der Waals surface area contributed by atoms with Gasteiger partial charge in [-0.1, -0.05) is 19.9 Å². The van der Waals surface area contributed by atoms with Crippen molar-refractivity contribution in [1.82, 2.24) is 5.32 Å². The molecule has 1 aliphatic rings. The highest BCUT2D eigenvalue weighted by atomic mass is 16.5. The van der Waals surface area contributed by atoms with Crippen molar-refractivity contribution < 1.29 is 23.5 Å². The van der Waals surface area contributed by atoms with Gasteiger partial charge in [0.1, 0.15) is 5.76 Å². The van der Waals surface area contributed by atoms with Gasteiger partial charge in [0.05, 0.1) is 25.3 Å². The van der Waals surface area contributed by atoms with Gasteiger partial charge in [-0.2, -0.15) is 0 Å². The molecule has 1 heterocycles. The molecule has 6 heteroatoms. The van der Waals surface area contributed by atoms with E-state index in [0.717, 1.165) is 12.0 Å². The Kier molecular flexibility index (Phi) is 6.30. The number of nitrogens with one attached hydrogen (secondary N) is 1. The van der Waals surface area contributed by atoms with Crippen LogP contribution in [0.2, 0.25) is 0 Å². The number of carbonyl (C=O) groups is 2. The van der Waals surface area contributed by atoms with Gasteiger partial charge in [0.15, 0.2) is 23.0 Å². The van der Waals surface area contributed by atoms with E-state index in [0.29, 0.717) is 53.8 Å². The maximum Gasteiger partial charge on any atom is 0.287 e. The fourth-order valence-electron chi connectivity index (χ4n) is 3.54. The summed E-state index contributed by atoms with van der Waals surface area (Å²) in [6, 6.07) is 5.36. The molecule has 0 spiro atoms. The number of fused-ring (bicyclic) bond motifs is 1. The summed E-state index contributed by atoms with van der Waals surface area (Å²) in [5.74, 6) is 2.30. The van der Waals surface area contributed by atoms with Crippen LogP contribution in [0.15, 0.2) is 22.6 Å². The molecule has 0 bridgehead atoms. The summed E-state index contributed by atoms with van der Waals surface area (Å²) >= 11 is 0. The molecule has 0 fully saturated rings. The lowest BCUT2D eigenvalue weighted by Gasteiger charge is -2.17. The lowest BCUT2D eigenvalue weighted by Crippen LogP contribution is -2.27. The minimum absolute atomic E-state index is 0.0568. The molecule has 1 unspecified atom stereocenters. The van der Waals surface area contributed by atoms with E-state index < -0.39 is 0 Å². The van der Waals surface area contributed by atoms with Gasteiger partial charge < -0.3 is 19.2 Å². The highest BCUT2D eigenvalue weighted by Gasteiger charge is 2.29. The number of carbonyl (C=O) groups excluding carboxylic acids is 2. The zero-order chi connectivity index (χ0) is 21.1. The van der Waals surface area contributed by atoms with E-state index in [1.807, 2.05) is 25.1 Å². The fraction of sp³-hybridized carbons (Fsp3) is 0.478. The predicted octanol–water partition coefficient (Wildman–Crippen LogP) is 4.64. The van der Waals surface area contributed by atoms with E-state index in [1.54, 1.807) is 14.0 Å². The molecule has 2 aromatic rings. The number of hydrogen-bond donors (Lipinski definition) is 1. The standard InChI is InChI=1S/C23H29NO5/c1-13(2)12-28-18-10-9-16(11-20(18)27-5)15(4)24-23(26)22-14(3)21-17(25)7-6-8-19(21)29-22/h9-11,13,15H,6-8,12H2,1-5H3,(H,24,26). The van der Waals surface area contributed by atoms with Crippen LogP contribution in [0.25, 0.3) is 0 Å². The Hall–Kier alpha value is -2.76. The number of furan rings is 1. The van der Waals surface area contributed by atoms with Crippen LogP contribution >= 0.6 is 0 Å². The minimum Gasteiger partial charge on any atom is -0.493 e. The van der Waals surface area contributed by atoms with Crippen LogP contribution in [0, 0.1) is 12.8 Å². The van der Waals surface area contributed by atoms with Crippen molar-refractivity contribution in [1.29, 1.82) is 0 Å². The monoisotopic (exact) mass is 399 g/mol. The number of Topliss-reactive ketones (excluding diaryl/α,β-unsaturated/α-hetero) is 1. The first kappa shape index (κ1) is 21.0. The molecule has 1 atom stereocenters. The molecule has 1 amide bonds. The Labute approximate surface area is 171 Å². The van der Waals surface area contributed by atoms with Gasteiger partial charge in [-0.15, -0.1) is 0 Å². The zero-order valence-corrected chi connectivity index (χ0v) is 17.8. The summed E-state index contributed by atoms with van der Waals surface area (Å²) in [6.45, 7) is 8.43. The van der Waals surface area contributed by atoms with Crippen molar-refractivity contribution in [2.75, 3.05) is 13.7 Å². The van der Waals surface area contributed by atoms with Gasteiger partial charge >= 0.3 is 0 Å². The zero-order valence-electron chi connectivity index (χ0n) is 17.8. The number of aryl methyl sites for hydroxylation is 1. The van der Waals surface area contributed by atoms with E-state index in [2.05, 4.69) is 19.2 Å². The maximum atomic E-state index is 12.8. The van der Waals surface area contributed by atoms with Crippen LogP contribution < -0.4 is 14.8 Å². The number of benzene rings is 1. The molecular weight excluding hydrogens is 370 g/mol. The fourth-order valence-corrected chi connectivity index (χ4v) is 3.54. The molecule has 3 rings (SSSR count). The molecule has 1 aromatic heterocycles. The van der Waals surface area contributed by atoms with E-state index in [4.69, 9.17) is 13.9 Å². The second-order valence-corrected chi connectivity index (χ2v) is 7.94. The summed E-state index contributed by atoms with van der Waals surface area (Å²) in [4.78, 5) is 25.0. The van der Waals surface area contributed by atoms with Crippen LogP contribution in [0.5, 0.6) is 11.5 Å². The van der Waals surface area contributed by atoms with Gasteiger partial charge in [0, 0.05) is 18.4 Å². The molecule has 6 nitrogen and oxygen atoms in total. The van der Waals surface area contributed by atoms with E-state index in [9.17, 15) is 9.59 Å². The normalized spacial score (nSPS) is 14.5. The molecule has 156 valence electrons. The van der Waals surface area contributed by atoms with Crippen LogP contribution in [0.4, 0.5) is 0 Å². The smallest absolute Gasteiger partial charge is 0.287 e.